The zero-order chi connectivity index (χ0) is 8.27. The number of rotatable bonds is 3. The fourth-order valence-electron chi connectivity index (χ4n) is 1.08. The van der Waals surface area contributed by atoms with Gasteiger partial charge in [0.2, 0.25) is 0 Å². The van der Waals surface area contributed by atoms with Crippen LogP contribution in [0.25, 0.3) is 0 Å². The Morgan fingerprint density at radius 3 is 2.82 bits per heavy atom. The predicted molar refractivity (Wildman–Crippen MR) is 42.2 cm³/mol. The minimum absolute atomic E-state index is 0.0251. The van der Waals surface area contributed by atoms with E-state index in [2.05, 4.69) is 0 Å². The highest BCUT2D eigenvalue weighted by atomic mass is 16.3. The maximum atomic E-state index is 8.85. The van der Waals surface area contributed by atoms with E-state index in [4.69, 9.17) is 10.2 Å². The maximum absolute atomic E-state index is 8.85. The minimum atomic E-state index is 0.0251. The molecule has 0 aliphatic heterocycles. The summed E-state index contributed by atoms with van der Waals surface area (Å²) in [5.74, 6) is 0. The molecule has 3 nitrogen and oxygen atoms in total. The summed E-state index contributed by atoms with van der Waals surface area (Å²) in [7, 11) is 0. The molecule has 0 spiro atoms. The van der Waals surface area contributed by atoms with E-state index in [-0.39, 0.29) is 19.3 Å². The molecular weight excluding hydrogens is 142 g/mol. The maximum Gasteiger partial charge on any atom is 0.0832 e. The number of nitrogens with zero attached hydrogens (tertiary/aromatic N) is 1. The topological polar surface area (TPSA) is 45.4 Å². The third-order valence-electron chi connectivity index (χ3n) is 1.77. The van der Waals surface area contributed by atoms with E-state index < -0.39 is 0 Å². The summed E-state index contributed by atoms with van der Waals surface area (Å²) >= 11 is 0. The molecule has 0 bridgehead atoms. The highest BCUT2D eigenvalue weighted by Gasteiger charge is 2.05. The van der Waals surface area contributed by atoms with Gasteiger partial charge in [-0.1, -0.05) is 0 Å². The van der Waals surface area contributed by atoms with Gasteiger partial charge < -0.3 is 14.8 Å². The Labute approximate surface area is 65.9 Å². The van der Waals surface area contributed by atoms with Gasteiger partial charge >= 0.3 is 0 Å². The monoisotopic (exact) mass is 155 g/mol. The summed E-state index contributed by atoms with van der Waals surface area (Å²) in [6, 6.07) is 3.75. The first-order chi connectivity index (χ1) is 5.29. The number of aliphatic hydroxyl groups excluding tert-OH is 2. The van der Waals surface area contributed by atoms with E-state index in [1.165, 1.54) is 0 Å². The Hall–Kier alpha value is -0.800. The van der Waals surface area contributed by atoms with E-state index in [9.17, 15) is 0 Å². The summed E-state index contributed by atoms with van der Waals surface area (Å²) in [6.45, 7) is 2.03. The lowest BCUT2D eigenvalue weighted by molar-refractivity contribution is 0.222. The molecule has 0 amide bonds. The van der Waals surface area contributed by atoms with Crippen LogP contribution in [-0.4, -0.2) is 21.4 Å². The van der Waals surface area contributed by atoms with Crippen LogP contribution in [0.5, 0.6) is 0 Å². The lowest BCUT2D eigenvalue weighted by atomic mass is 10.3. The first-order valence-electron chi connectivity index (χ1n) is 3.67. The Morgan fingerprint density at radius 1 is 1.55 bits per heavy atom. The van der Waals surface area contributed by atoms with Crippen molar-refractivity contribution in [3.63, 3.8) is 0 Å². The summed E-state index contributed by atoms with van der Waals surface area (Å²) in [5.41, 5.74) is 0.839. The van der Waals surface area contributed by atoms with Gasteiger partial charge in [0.15, 0.2) is 0 Å². The fourth-order valence-corrected chi connectivity index (χ4v) is 1.08. The average molecular weight is 155 g/mol. The van der Waals surface area contributed by atoms with E-state index in [1.54, 1.807) is 0 Å². The van der Waals surface area contributed by atoms with Crippen LogP contribution in [0.3, 0.4) is 0 Å². The second-order valence-corrected chi connectivity index (χ2v) is 2.60. The normalized spacial score (nSPS) is 13.4. The van der Waals surface area contributed by atoms with Gasteiger partial charge in [0.05, 0.1) is 19.3 Å². The van der Waals surface area contributed by atoms with Gasteiger partial charge in [0, 0.05) is 11.9 Å². The molecule has 0 aliphatic carbocycles. The van der Waals surface area contributed by atoms with Gasteiger partial charge in [0.1, 0.15) is 0 Å². The fraction of sp³-hybridized carbons (Fsp3) is 0.500. The lowest BCUT2D eigenvalue weighted by Crippen LogP contribution is -2.10. The van der Waals surface area contributed by atoms with E-state index in [1.807, 2.05) is 29.8 Å². The van der Waals surface area contributed by atoms with Gasteiger partial charge in [-0.15, -0.1) is 0 Å². The summed E-state index contributed by atoms with van der Waals surface area (Å²) < 4.78 is 1.86. The van der Waals surface area contributed by atoms with Crippen molar-refractivity contribution in [1.82, 2.24) is 4.57 Å². The number of hydrogen-bond acceptors (Lipinski definition) is 2. The summed E-state index contributed by atoms with van der Waals surface area (Å²) in [6.07, 6.45) is 1.85. The molecule has 0 saturated carbocycles. The van der Waals surface area contributed by atoms with E-state index >= 15 is 0 Å². The van der Waals surface area contributed by atoms with Crippen molar-refractivity contribution in [2.24, 2.45) is 0 Å². The van der Waals surface area contributed by atoms with E-state index in [0.717, 1.165) is 5.69 Å². The molecule has 1 heterocycles. The Morgan fingerprint density at radius 2 is 2.27 bits per heavy atom. The molecule has 1 unspecified atom stereocenters. The molecule has 2 N–H and O–H groups in total. The first-order valence-corrected chi connectivity index (χ1v) is 3.67. The smallest absolute Gasteiger partial charge is 0.0832 e. The third-order valence-corrected chi connectivity index (χ3v) is 1.77. The largest absolute Gasteiger partial charge is 0.394 e. The molecule has 11 heavy (non-hydrogen) atoms. The molecule has 0 fully saturated rings. The number of aliphatic hydroxyl groups is 2. The van der Waals surface area contributed by atoms with Gasteiger partial charge in [0.25, 0.3) is 0 Å². The van der Waals surface area contributed by atoms with Crippen molar-refractivity contribution in [2.45, 2.75) is 19.6 Å². The van der Waals surface area contributed by atoms with Crippen LogP contribution in [-0.2, 0) is 6.61 Å². The van der Waals surface area contributed by atoms with Crippen molar-refractivity contribution >= 4 is 0 Å². The highest BCUT2D eigenvalue weighted by molar-refractivity contribution is 5.06. The summed E-state index contributed by atoms with van der Waals surface area (Å²) in [5, 5.41) is 17.7. The number of aromatic nitrogens is 1. The molecule has 1 rings (SSSR count). The van der Waals surface area contributed by atoms with Crippen molar-refractivity contribution in [2.75, 3.05) is 6.61 Å². The SMILES string of the molecule is CC(CO)n1cccc1CO. The predicted octanol–water partition coefficient (Wildman–Crippen LogP) is 0.534. The van der Waals surface area contributed by atoms with Gasteiger partial charge in [-0.25, -0.2) is 0 Å². The molecule has 0 saturated heterocycles. The second kappa shape index (κ2) is 3.55. The van der Waals surface area contributed by atoms with Crippen LogP contribution < -0.4 is 0 Å². The molecule has 62 valence electrons. The van der Waals surface area contributed by atoms with Crippen LogP contribution in [0, 0.1) is 0 Å². The van der Waals surface area contributed by atoms with Crippen LogP contribution in [0.15, 0.2) is 18.3 Å². The molecular formula is C8H13NO2. The van der Waals surface area contributed by atoms with Gasteiger partial charge in [-0.05, 0) is 19.1 Å². The lowest BCUT2D eigenvalue weighted by Gasteiger charge is -2.13. The number of hydrogen-bond donors (Lipinski definition) is 2. The van der Waals surface area contributed by atoms with Gasteiger partial charge in [-0.3, -0.25) is 0 Å². The Balaban J connectivity index is 2.83. The van der Waals surface area contributed by atoms with Crippen molar-refractivity contribution < 1.29 is 10.2 Å². The molecule has 1 aromatic rings. The molecule has 1 atom stereocenters. The zero-order valence-electron chi connectivity index (χ0n) is 6.57. The second-order valence-electron chi connectivity index (χ2n) is 2.60. The third kappa shape index (κ3) is 1.61. The van der Waals surface area contributed by atoms with Gasteiger partial charge in [-0.2, -0.15) is 0 Å². The Kier molecular flexibility index (Phi) is 2.68. The molecule has 0 aromatic carbocycles. The van der Waals surface area contributed by atoms with Crippen molar-refractivity contribution in [3.8, 4) is 0 Å². The average Bonchev–Trinajstić information content (AvgIpc) is 2.50. The molecule has 0 aliphatic rings. The molecule has 0 radical (unpaired) electrons. The van der Waals surface area contributed by atoms with Crippen LogP contribution in [0.4, 0.5) is 0 Å². The first kappa shape index (κ1) is 8.30. The van der Waals surface area contributed by atoms with Crippen LogP contribution >= 0.6 is 0 Å². The van der Waals surface area contributed by atoms with E-state index in [0.29, 0.717) is 0 Å². The minimum Gasteiger partial charge on any atom is -0.394 e. The van der Waals surface area contributed by atoms with Crippen molar-refractivity contribution in [3.05, 3.63) is 24.0 Å². The van der Waals surface area contributed by atoms with Crippen LogP contribution in [0.1, 0.15) is 18.7 Å². The highest BCUT2D eigenvalue weighted by Crippen LogP contribution is 2.10. The standard InChI is InChI=1S/C8H13NO2/c1-7(5-10)9-4-2-3-8(9)6-11/h2-4,7,10-11H,5-6H2,1H3. The summed E-state index contributed by atoms with van der Waals surface area (Å²) in [4.78, 5) is 0. The zero-order valence-corrected chi connectivity index (χ0v) is 6.57. The quantitative estimate of drug-likeness (QED) is 0.669. The Bertz CT molecular complexity index is 220. The molecule has 3 heteroatoms. The molecule has 1 aromatic heterocycles. The van der Waals surface area contributed by atoms with Crippen LogP contribution in [0.2, 0.25) is 0 Å². The van der Waals surface area contributed by atoms with Crippen molar-refractivity contribution in [1.29, 1.82) is 0 Å².